The Labute approximate surface area is 266 Å². The van der Waals surface area contributed by atoms with Gasteiger partial charge in [0, 0.05) is 18.7 Å². The molecule has 0 atom stereocenters. The number of nitrogens with one attached hydrogen (secondary N) is 2. The molecule has 0 saturated carbocycles. The van der Waals surface area contributed by atoms with E-state index in [2.05, 4.69) is 20.8 Å². The molecular formula is C30H28F4N6O4S2. The Morgan fingerprint density at radius 3 is 2.33 bits per heavy atom. The van der Waals surface area contributed by atoms with Gasteiger partial charge in [0.05, 0.1) is 34.1 Å². The molecule has 0 unspecified atom stereocenters. The Hall–Kier alpha value is -4.28. The van der Waals surface area contributed by atoms with Crippen LogP contribution in [0.4, 0.5) is 23.2 Å². The van der Waals surface area contributed by atoms with E-state index in [9.17, 15) is 35.6 Å². The summed E-state index contributed by atoms with van der Waals surface area (Å²) in [6.45, 7) is 0.610. The van der Waals surface area contributed by atoms with E-state index in [0.717, 1.165) is 43.2 Å². The number of anilines is 1. The zero-order chi connectivity index (χ0) is 32.9. The number of sulfonamides is 1. The maximum absolute atomic E-state index is 14.0. The molecule has 2 amide bonds. The van der Waals surface area contributed by atoms with E-state index in [0.29, 0.717) is 13.1 Å². The third kappa shape index (κ3) is 7.74. The van der Waals surface area contributed by atoms with Crippen LogP contribution in [-0.4, -0.2) is 58.1 Å². The van der Waals surface area contributed by atoms with Crippen LogP contribution in [0.5, 0.6) is 0 Å². The molecule has 1 aromatic heterocycles. The molecule has 1 aliphatic rings. The maximum Gasteiger partial charge on any atom is 0.416 e. The van der Waals surface area contributed by atoms with Gasteiger partial charge < -0.3 is 10.6 Å². The van der Waals surface area contributed by atoms with Gasteiger partial charge in [0.1, 0.15) is 5.82 Å². The van der Waals surface area contributed by atoms with Crippen LogP contribution < -0.4 is 10.6 Å². The van der Waals surface area contributed by atoms with Gasteiger partial charge in [0.2, 0.25) is 15.9 Å². The van der Waals surface area contributed by atoms with Gasteiger partial charge in [-0.3, -0.25) is 14.2 Å². The van der Waals surface area contributed by atoms with E-state index < -0.39 is 39.4 Å². The van der Waals surface area contributed by atoms with Crippen LogP contribution in [0.1, 0.15) is 41.0 Å². The number of carbonyl (C=O) groups is 2. The molecule has 2 heterocycles. The largest absolute Gasteiger partial charge is 0.416 e. The molecule has 2 N–H and O–H groups in total. The minimum Gasteiger partial charge on any atom is -0.345 e. The highest BCUT2D eigenvalue weighted by molar-refractivity contribution is 7.99. The van der Waals surface area contributed by atoms with E-state index >= 15 is 0 Å². The number of hydrogen-bond acceptors (Lipinski definition) is 7. The van der Waals surface area contributed by atoms with Crippen LogP contribution in [0, 0.1) is 5.82 Å². The highest BCUT2D eigenvalue weighted by atomic mass is 32.2. The van der Waals surface area contributed by atoms with Crippen LogP contribution in [0.2, 0.25) is 0 Å². The summed E-state index contributed by atoms with van der Waals surface area (Å²) in [4.78, 5) is 25.6. The highest BCUT2D eigenvalue weighted by Gasteiger charge is 2.31. The standard InChI is InChI=1S/C30H28F4N6O4S2/c31-24-9-2-3-10-25(24)36-27(41)19-45-29-38-37-26(40(29)22-8-6-7-21(17-22)30(32,33)34)18-35-28(42)20-11-13-23(14-12-20)46(43,44)39-15-4-1-5-16-39/h2-3,6-14,17H,1,4-5,15-16,18-19H2,(H,35,42)(H,36,41). The van der Waals surface area contributed by atoms with Gasteiger partial charge in [-0.05, 0) is 67.4 Å². The quantitative estimate of drug-likeness (QED) is 0.173. The van der Waals surface area contributed by atoms with Gasteiger partial charge in [-0.2, -0.15) is 17.5 Å². The summed E-state index contributed by atoms with van der Waals surface area (Å²) in [5.41, 5.74) is -0.773. The van der Waals surface area contributed by atoms with Crippen LogP contribution in [-0.2, 0) is 27.5 Å². The fourth-order valence-electron chi connectivity index (χ4n) is 4.76. The lowest BCUT2D eigenvalue weighted by Crippen LogP contribution is -2.35. The Bertz CT molecular complexity index is 1830. The predicted molar refractivity (Wildman–Crippen MR) is 162 cm³/mol. The number of thioether (sulfide) groups is 1. The number of aromatic nitrogens is 3. The molecule has 0 aliphatic carbocycles. The summed E-state index contributed by atoms with van der Waals surface area (Å²) in [5, 5.41) is 13.2. The molecule has 10 nitrogen and oxygen atoms in total. The van der Waals surface area contributed by atoms with Crippen molar-refractivity contribution in [3.05, 3.63) is 95.6 Å². The molecule has 46 heavy (non-hydrogen) atoms. The van der Waals surface area contributed by atoms with E-state index in [-0.39, 0.29) is 45.1 Å². The summed E-state index contributed by atoms with van der Waals surface area (Å²) in [6, 6.07) is 15.4. The zero-order valence-electron chi connectivity index (χ0n) is 24.1. The van der Waals surface area contributed by atoms with Crippen molar-refractivity contribution in [1.29, 1.82) is 0 Å². The molecule has 1 aliphatic heterocycles. The van der Waals surface area contributed by atoms with Gasteiger partial charge in [0.15, 0.2) is 11.0 Å². The highest BCUT2D eigenvalue weighted by Crippen LogP contribution is 2.32. The maximum atomic E-state index is 14.0. The normalized spacial score (nSPS) is 14.2. The monoisotopic (exact) mass is 676 g/mol. The summed E-state index contributed by atoms with van der Waals surface area (Å²) in [7, 11) is -3.69. The average Bonchev–Trinajstić information content (AvgIpc) is 3.46. The van der Waals surface area contributed by atoms with Crippen LogP contribution in [0.15, 0.2) is 82.8 Å². The number of amides is 2. The second-order valence-corrected chi connectivity index (χ2v) is 13.2. The molecular weight excluding hydrogens is 648 g/mol. The zero-order valence-corrected chi connectivity index (χ0v) is 25.8. The first kappa shape index (κ1) is 33.1. The van der Waals surface area contributed by atoms with Crippen LogP contribution in [0.3, 0.4) is 0 Å². The Morgan fingerprint density at radius 1 is 0.913 bits per heavy atom. The molecule has 0 bridgehead atoms. The Balaban J connectivity index is 1.33. The summed E-state index contributed by atoms with van der Waals surface area (Å²) in [5.74, 6) is -2.02. The average molecular weight is 677 g/mol. The molecule has 1 fully saturated rings. The predicted octanol–water partition coefficient (Wildman–Crippen LogP) is 5.26. The second kappa shape index (κ2) is 14.0. The van der Waals surface area contributed by atoms with Gasteiger partial charge >= 0.3 is 6.18 Å². The molecule has 0 radical (unpaired) electrons. The third-order valence-electron chi connectivity index (χ3n) is 7.09. The van der Waals surface area contributed by atoms with Crippen molar-refractivity contribution in [2.24, 2.45) is 0 Å². The van der Waals surface area contributed by atoms with E-state index in [1.807, 2.05) is 0 Å². The molecule has 242 valence electrons. The lowest BCUT2D eigenvalue weighted by Gasteiger charge is -2.25. The van der Waals surface area contributed by atoms with Gasteiger partial charge in [-0.1, -0.05) is 36.4 Å². The molecule has 0 spiro atoms. The van der Waals surface area contributed by atoms with Crippen molar-refractivity contribution in [1.82, 2.24) is 24.4 Å². The minimum atomic E-state index is -4.64. The molecule has 4 aromatic rings. The summed E-state index contributed by atoms with van der Waals surface area (Å²) >= 11 is 0.855. The summed E-state index contributed by atoms with van der Waals surface area (Å²) < 4.78 is 83.1. The summed E-state index contributed by atoms with van der Waals surface area (Å²) in [6.07, 6.45) is -2.10. The van der Waals surface area contributed by atoms with Crippen molar-refractivity contribution < 1.29 is 35.6 Å². The first-order valence-electron chi connectivity index (χ1n) is 14.1. The second-order valence-electron chi connectivity index (χ2n) is 10.3. The first-order chi connectivity index (χ1) is 21.9. The van der Waals surface area contributed by atoms with Crippen LogP contribution >= 0.6 is 11.8 Å². The number of hydrogen-bond donors (Lipinski definition) is 2. The minimum absolute atomic E-state index is 0.0343. The molecule has 3 aromatic carbocycles. The molecule has 1 saturated heterocycles. The number of piperidine rings is 1. The van der Waals surface area contributed by atoms with Crippen molar-refractivity contribution in [2.75, 3.05) is 24.2 Å². The van der Waals surface area contributed by atoms with E-state index in [1.54, 1.807) is 6.07 Å². The fraction of sp³-hybridized carbons (Fsp3) is 0.267. The number of halogens is 4. The lowest BCUT2D eigenvalue weighted by molar-refractivity contribution is -0.137. The van der Waals surface area contributed by atoms with Crippen molar-refractivity contribution in [3.63, 3.8) is 0 Å². The Morgan fingerprint density at radius 2 is 1.63 bits per heavy atom. The Kier molecular flexibility index (Phi) is 10.1. The van der Waals surface area contributed by atoms with Gasteiger partial charge in [-0.15, -0.1) is 10.2 Å². The van der Waals surface area contributed by atoms with E-state index in [4.69, 9.17) is 0 Å². The first-order valence-corrected chi connectivity index (χ1v) is 16.5. The third-order valence-corrected chi connectivity index (χ3v) is 9.93. The van der Waals surface area contributed by atoms with Crippen molar-refractivity contribution >= 4 is 39.3 Å². The number of rotatable bonds is 10. The van der Waals surface area contributed by atoms with E-state index in [1.165, 1.54) is 63.5 Å². The van der Waals surface area contributed by atoms with Gasteiger partial charge in [-0.25, -0.2) is 12.8 Å². The van der Waals surface area contributed by atoms with Crippen molar-refractivity contribution in [3.8, 4) is 5.69 Å². The number of para-hydroxylation sites is 1. The van der Waals surface area contributed by atoms with Gasteiger partial charge in [0.25, 0.3) is 5.91 Å². The molecule has 5 rings (SSSR count). The molecule has 16 heteroatoms. The van der Waals surface area contributed by atoms with Crippen molar-refractivity contribution in [2.45, 2.75) is 42.0 Å². The fourth-order valence-corrected chi connectivity index (χ4v) is 7.05. The smallest absolute Gasteiger partial charge is 0.345 e. The van der Waals surface area contributed by atoms with Crippen LogP contribution in [0.25, 0.3) is 5.69 Å². The number of nitrogens with zero attached hydrogens (tertiary/aromatic N) is 4. The number of benzene rings is 3. The number of alkyl halides is 3. The lowest BCUT2D eigenvalue weighted by atomic mass is 10.2. The SMILES string of the molecule is O=C(CSc1nnc(CNC(=O)c2ccc(S(=O)(=O)N3CCCCC3)cc2)n1-c1cccc(C(F)(F)F)c1)Nc1ccccc1F. The number of carbonyl (C=O) groups excluding carboxylic acids is 2. The topological polar surface area (TPSA) is 126 Å².